The van der Waals surface area contributed by atoms with Gasteiger partial charge in [-0.2, -0.15) is 4.31 Å². The van der Waals surface area contributed by atoms with Crippen LogP contribution >= 0.6 is 11.3 Å². The Morgan fingerprint density at radius 1 is 1.19 bits per heavy atom. The van der Waals surface area contributed by atoms with Gasteiger partial charge < -0.3 is 5.32 Å². The molecular formula is C18H24N4O3S2. The van der Waals surface area contributed by atoms with Gasteiger partial charge in [0.15, 0.2) is 0 Å². The fourth-order valence-corrected chi connectivity index (χ4v) is 5.15. The summed E-state index contributed by atoms with van der Waals surface area (Å²) < 4.78 is 27.2. The SMILES string of the molecule is Cc1nnc(NC(=O)C2CCN(S(=O)(=O)c3ccc(C(C)C)cc3)CC2)s1. The number of nitrogens with zero attached hydrogens (tertiary/aromatic N) is 3. The third kappa shape index (κ3) is 4.53. The van der Waals surface area contributed by atoms with Gasteiger partial charge in [0.2, 0.25) is 21.1 Å². The predicted octanol–water partition coefficient (Wildman–Crippen LogP) is 3.01. The summed E-state index contributed by atoms with van der Waals surface area (Å²) in [6.07, 6.45) is 0.986. The predicted molar refractivity (Wildman–Crippen MR) is 105 cm³/mol. The zero-order chi connectivity index (χ0) is 19.6. The second kappa shape index (κ2) is 8.04. The Kier molecular flexibility index (Phi) is 5.92. The number of anilines is 1. The second-order valence-electron chi connectivity index (χ2n) is 7.02. The van der Waals surface area contributed by atoms with Crippen LogP contribution in [-0.2, 0) is 14.8 Å². The normalized spacial score (nSPS) is 16.6. The summed E-state index contributed by atoms with van der Waals surface area (Å²) >= 11 is 1.32. The molecule has 1 aromatic carbocycles. The molecule has 1 saturated heterocycles. The number of sulfonamides is 1. The molecule has 0 bridgehead atoms. The van der Waals surface area contributed by atoms with Crippen LogP contribution in [0.3, 0.4) is 0 Å². The van der Waals surface area contributed by atoms with Gasteiger partial charge in [-0.05, 0) is 43.4 Å². The van der Waals surface area contributed by atoms with Gasteiger partial charge in [-0.25, -0.2) is 8.42 Å². The molecule has 0 aliphatic carbocycles. The van der Waals surface area contributed by atoms with Crippen LogP contribution in [0.1, 0.15) is 43.2 Å². The summed E-state index contributed by atoms with van der Waals surface area (Å²) in [7, 11) is -3.53. The number of piperidine rings is 1. The molecule has 1 fully saturated rings. The van der Waals surface area contributed by atoms with Gasteiger partial charge in [-0.1, -0.05) is 37.3 Å². The number of aromatic nitrogens is 2. The van der Waals surface area contributed by atoms with Crippen molar-refractivity contribution < 1.29 is 13.2 Å². The standard InChI is InChI=1S/C18H24N4O3S2/c1-12(2)14-4-6-16(7-5-14)27(24,25)22-10-8-15(9-11-22)17(23)19-18-21-20-13(3)26-18/h4-7,12,15H,8-11H2,1-3H3,(H,19,21,23). The van der Waals surface area contributed by atoms with Gasteiger partial charge in [0.05, 0.1) is 4.90 Å². The van der Waals surface area contributed by atoms with Crippen molar-refractivity contribution in [2.24, 2.45) is 5.92 Å². The minimum Gasteiger partial charge on any atom is -0.300 e. The molecule has 0 atom stereocenters. The highest BCUT2D eigenvalue weighted by molar-refractivity contribution is 7.89. The molecule has 2 aromatic rings. The lowest BCUT2D eigenvalue weighted by Gasteiger charge is -2.30. The van der Waals surface area contributed by atoms with Crippen LogP contribution in [0.4, 0.5) is 5.13 Å². The number of carbonyl (C=O) groups is 1. The Hall–Kier alpha value is -1.84. The van der Waals surface area contributed by atoms with E-state index in [2.05, 4.69) is 29.4 Å². The first-order chi connectivity index (χ1) is 12.8. The summed E-state index contributed by atoms with van der Waals surface area (Å²) in [5, 5.41) is 11.8. The molecule has 0 spiro atoms. The van der Waals surface area contributed by atoms with Crippen LogP contribution in [-0.4, -0.2) is 41.9 Å². The molecule has 146 valence electrons. The van der Waals surface area contributed by atoms with Gasteiger partial charge in [-0.3, -0.25) is 4.79 Å². The fourth-order valence-electron chi connectivity index (χ4n) is 3.09. The van der Waals surface area contributed by atoms with Gasteiger partial charge in [0.1, 0.15) is 5.01 Å². The summed E-state index contributed by atoms with van der Waals surface area (Å²) in [4.78, 5) is 12.7. The van der Waals surface area contributed by atoms with Crippen LogP contribution < -0.4 is 5.32 Å². The summed E-state index contributed by atoms with van der Waals surface area (Å²) in [5.74, 6) is 0.0151. The van der Waals surface area contributed by atoms with Crippen LogP contribution in [0.2, 0.25) is 0 Å². The van der Waals surface area contributed by atoms with Crippen molar-refractivity contribution in [2.45, 2.75) is 44.4 Å². The molecular weight excluding hydrogens is 384 g/mol. The maximum absolute atomic E-state index is 12.8. The smallest absolute Gasteiger partial charge is 0.243 e. The molecule has 9 heteroatoms. The van der Waals surface area contributed by atoms with E-state index in [1.807, 2.05) is 19.1 Å². The molecule has 0 radical (unpaired) electrons. The zero-order valence-electron chi connectivity index (χ0n) is 15.7. The summed E-state index contributed by atoms with van der Waals surface area (Å²) in [6, 6.07) is 7.06. The highest BCUT2D eigenvalue weighted by Gasteiger charge is 2.32. The second-order valence-corrected chi connectivity index (χ2v) is 10.1. The Labute approximate surface area is 163 Å². The molecule has 0 saturated carbocycles. The van der Waals surface area contributed by atoms with E-state index in [1.165, 1.54) is 15.6 Å². The van der Waals surface area contributed by atoms with Gasteiger partial charge in [0, 0.05) is 19.0 Å². The average molecular weight is 409 g/mol. The Morgan fingerprint density at radius 2 is 1.81 bits per heavy atom. The molecule has 3 rings (SSSR count). The van der Waals surface area contributed by atoms with Crippen molar-refractivity contribution in [3.8, 4) is 0 Å². The topological polar surface area (TPSA) is 92.3 Å². The lowest BCUT2D eigenvalue weighted by atomic mass is 9.97. The van der Waals surface area contributed by atoms with Crippen LogP contribution in [0, 0.1) is 12.8 Å². The molecule has 27 heavy (non-hydrogen) atoms. The zero-order valence-corrected chi connectivity index (χ0v) is 17.3. The molecule has 1 amide bonds. The Morgan fingerprint density at radius 3 is 2.33 bits per heavy atom. The van der Waals surface area contributed by atoms with Crippen molar-refractivity contribution in [1.29, 1.82) is 0 Å². The lowest BCUT2D eigenvalue weighted by molar-refractivity contribution is -0.120. The number of carbonyl (C=O) groups excluding carboxylic acids is 1. The third-order valence-electron chi connectivity index (χ3n) is 4.77. The molecule has 1 aromatic heterocycles. The minimum absolute atomic E-state index is 0.121. The van der Waals surface area contributed by atoms with E-state index < -0.39 is 10.0 Å². The third-order valence-corrected chi connectivity index (χ3v) is 7.43. The summed E-state index contributed by atoms with van der Waals surface area (Å²) in [6.45, 7) is 6.64. The molecule has 0 unspecified atom stereocenters. The summed E-state index contributed by atoms with van der Waals surface area (Å²) in [5.41, 5.74) is 1.11. The highest BCUT2D eigenvalue weighted by atomic mass is 32.2. The number of nitrogens with one attached hydrogen (secondary N) is 1. The molecule has 2 heterocycles. The first-order valence-electron chi connectivity index (χ1n) is 8.98. The van der Waals surface area contributed by atoms with Crippen molar-refractivity contribution >= 4 is 32.4 Å². The maximum atomic E-state index is 12.8. The Balaban J connectivity index is 1.61. The van der Waals surface area contributed by atoms with Crippen LogP contribution in [0.25, 0.3) is 0 Å². The molecule has 1 N–H and O–H groups in total. The highest BCUT2D eigenvalue weighted by Crippen LogP contribution is 2.26. The lowest BCUT2D eigenvalue weighted by Crippen LogP contribution is -2.41. The first-order valence-corrected chi connectivity index (χ1v) is 11.2. The average Bonchev–Trinajstić information content (AvgIpc) is 3.06. The van der Waals surface area contributed by atoms with Crippen molar-refractivity contribution in [1.82, 2.24) is 14.5 Å². The number of hydrogen-bond acceptors (Lipinski definition) is 6. The van der Waals surface area contributed by atoms with E-state index in [9.17, 15) is 13.2 Å². The van der Waals surface area contributed by atoms with Crippen LogP contribution in [0.15, 0.2) is 29.2 Å². The van der Waals surface area contributed by atoms with Gasteiger partial charge in [0.25, 0.3) is 0 Å². The fraction of sp³-hybridized carbons (Fsp3) is 0.500. The number of rotatable bonds is 5. The van der Waals surface area contributed by atoms with Gasteiger partial charge >= 0.3 is 0 Å². The van der Waals surface area contributed by atoms with E-state index in [-0.39, 0.29) is 11.8 Å². The molecule has 1 aliphatic heterocycles. The van der Waals surface area contributed by atoms with Crippen LogP contribution in [0.5, 0.6) is 0 Å². The van der Waals surface area contributed by atoms with E-state index in [1.54, 1.807) is 12.1 Å². The Bertz CT molecular complexity index is 899. The van der Waals surface area contributed by atoms with E-state index in [0.29, 0.717) is 41.9 Å². The molecule has 7 nitrogen and oxygen atoms in total. The van der Waals surface area contributed by atoms with Crippen molar-refractivity contribution in [2.75, 3.05) is 18.4 Å². The van der Waals surface area contributed by atoms with Crippen molar-refractivity contribution in [3.63, 3.8) is 0 Å². The van der Waals surface area contributed by atoms with E-state index in [0.717, 1.165) is 10.6 Å². The molecule has 1 aliphatic rings. The minimum atomic E-state index is -3.53. The number of amides is 1. The number of hydrogen-bond donors (Lipinski definition) is 1. The maximum Gasteiger partial charge on any atom is 0.243 e. The van der Waals surface area contributed by atoms with Crippen molar-refractivity contribution in [3.05, 3.63) is 34.8 Å². The largest absolute Gasteiger partial charge is 0.300 e. The van der Waals surface area contributed by atoms with E-state index >= 15 is 0 Å². The number of aryl methyl sites for hydroxylation is 1. The quantitative estimate of drug-likeness (QED) is 0.821. The van der Waals surface area contributed by atoms with E-state index in [4.69, 9.17) is 0 Å². The first kappa shape index (κ1) is 19.9. The van der Waals surface area contributed by atoms with Gasteiger partial charge in [-0.15, -0.1) is 10.2 Å². The monoisotopic (exact) mass is 408 g/mol. The number of benzene rings is 1.